The fraction of sp³-hybridized carbons (Fsp3) is 0. The summed E-state index contributed by atoms with van der Waals surface area (Å²) in [5, 5.41) is 11.3. The number of carbonyl (C=O) groups excluding carboxylic acids is 1. The van der Waals surface area contributed by atoms with Crippen LogP contribution in [0.5, 0.6) is 0 Å². The molecule has 0 aliphatic carbocycles. The number of carboxylic acids is 1. The van der Waals surface area contributed by atoms with Crippen LogP contribution in [0.15, 0.2) is 54.9 Å². The van der Waals surface area contributed by atoms with E-state index in [4.69, 9.17) is 0 Å². The van der Waals surface area contributed by atoms with Crippen LogP contribution in [0.3, 0.4) is 0 Å². The Morgan fingerprint density at radius 3 is 2.53 bits per heavy atom. The summed E-state index contributed by atoms with van der Waals surface area (Å²) in [7, 11) is 0. The zero-order valence-electron chi connectivity index (χ0n) is 9.84. The smallest absolute Gasteiger partial charge is 0.123 e. The van der Waals surface area contributed by atoms with Crippen LogP contribution in [0.2, 0.25) is 0 Å². The van der Waals surface area contributed by atoms with Gasteiger partial charge in [0.05, 0.1) is 11.5 Å². The van der Waals surface area contributed by atoms with Crippen molar-refractivity contribution >= 4 is 11.5 Å². The van der Waals surface area contributed by atoms with Gasteiger partial charge in [0.1, 0.15) is 5.82 Å². The fourth-order valence-electron chi connectivity index (χ4n) is 2.18. The zero-order chi connectivity index (χ0) is 13.4. The van der Waals surface area contributed by atoms with Crippen molar-refractivity contribution in [2.75, 3.05) is 0 Å². The highest BCUT2D eigenvalue weighted by Crippen LogP contribution is 2.28. The van der Waals surface area contributed by atoms with Gasteiger partial charge in [0.2, 0.25) is 0 Å². The minimum absolute atomic E-state index is 0.118. The largest absolute Gasteiger partial charge is 0.545 e. The van der Waals surface area contributed by atoms with Crippen LogP contribution in [0, 0.1) is 5.82 Å². The Labute approximate surface area is 108 Å². The lowest BCUT2D eigenvalue weighted by Crippen LogP contribution is -2.22. The first-order valence-electron chi connectivity index (χ1n) is 5.74. The molecule has 0 amide bonds. The number of aromatic carboxylic acids is 1. The van der Waals surface area contributed by atoms with E-state index >= 15 is 0 Å². The number of benzene rings is 1. The average Bonchev–Trinajstić information content (AvgIpc) is 2.78. The molecule has 0 N–H and O–H groups in total. The number of carbonyl (C=O) groups is 1. The van der Waals surface area contributed by atoms with Crippen molar-refractivity contribution in [2.24, 2.45) is 0 Å². The number of hydrogen-bond acceptors (Lipinski definition) is 2. The highest BCUT2D eigenvalue weighted by atomic mass is 19.1. The highest BCUT2D eigenvalue weighted by Gasteiger charge is 2.12. The Bertz CT molecular complexity index is 759. The lowest BCUT2D eigenvalue weighted by molar-refractivity contribution is -0.254. The summed E-state index contributed by atoms with van der Waals surface area (Å²) >= 11 is 0. The van der Waals surface area contributed by atoms with E-state index < -0.39 is 5.97 Å². The predicted octanol–water partition coefficient (Wildman–Crippen LogP) is 2.11. The molecule has 0 spiro atoms. The summed E-state index contributed by atoms with van der Waals surface area (Å²) < 4.78 is 14.6. The third-order valence-corrected chi connectivity index (χ3v) is 3.04. The molecular formula is C15H9FNO2-. The Kier molecular flexibility index (Phi) is 2.56. The Balaban J connectivity index is 2.31. The topological polar surface area (TPSA) is 44.5 Å². The van der Waals surface area contributed by atoms with Crippen LogP contribution in [-0.2, 0) is 0 Å². The van der Waals surface area contributed by atoms with Crippen LogP contribution in [0.1, 0.15) is 10.4 Å². The van der Waals surface area contributed by atoms with Gasteiger partial charge in [-0.3, -0.25) is 0 Å². The van der Waals surface area contributed by atoms with E-state index in [1.165, 1.54) is 12.1 Å². The van der Waals surface area contributed by atoms with Gasteiger partial charge in [-0.2, -0.15) is 0 Å². The number of aromatic nitrogens is 1. The average molecular weight is 254 g/mol. The molecule has 4 heteroatoms. The van der Waals surface area contributed by atoms with Crippen molar-refractivity contribution < 1.29 is 14.3 Å². The monoisotopic (exact) mass is 254 g/mol. The van der Waals surface area contributed by atoms with Crippen LogP contribution < -0.4 is 5.11 Å². The number of nitrogens with zero attached hydrogens (tertiary/aromatic N) is 1. The second kappa shape index (κ2) is 4.24. The van der Waals surface area contributed by atoms with Crippen LogP contribution >= 0.6 is 0 Å². The maximum atomic E-state index is 12.9. The molecule has 1 aromatic carbocycles. The normalized spacial score (nSPS) is 10.8. The molecule has 0 aliphatic rings. The van der Waals surface area contributed by atoms with E-state index in [9.17, 15) is 14.3 Å². The SMILES string of the molecule is O=C([O-])c1c(-c2ccc(F)cc2)cn2ccccc12. The van der Waals surface area contributed by atoms with E-state index in [1.54, 1.807) is 47.1 Å². The summed E-state index contributed by atoms with van der Waals surface area (Å²) in [6.07, 6.45) is 3.46. The number of rotatable bonds is 2. The van der Waals surface area contributed by atoms with E-state index in [2.05, 4.69) is 0 Å². The predicted molar refractivity (Wildman–Crippen MR) is 67.1 cm³/mol. The molecule has 2 aromatic heterocycles. The minimum Gasteiger partial charge on any atom is -0.545 e. The number of halogens is 1. The quantitative estimate of drug-likeness (QED) is 0.703. The summed E-state index contributed by atoms with van der Waals surface area (Å²) in [6.45, 7) is 0. The highest BCUT2D eigenvalue weighted by molar-refractivity contribution is 6.02. The second-order valence-electron chi connectivity index (χ2n) is 4.21. The Morgan fingerprint density at radius 2 is 1.84 bits per heavy atom. The summed E-state index contributed by atoms with van der Waals surface area (Å²) in [6, 6.07) is 11.0. The molecule has 0 aliphatic heterocycles. The molecule has 0 bridgehead atoms. The lowest BCUT2D eigenvalue weighted by Gasteiger charge is -2.05. The maximum absolute atomic E-state index is 12.9. The lowest BCUT2D eigenvalue weighted by atomic mass is 10.0. The van der Waals surface area contributed by atoms with Gasteiger partial charge in [0.15, 0.2) is 0 Å². The first kappa shape index (κ1) is 11.5. The number of pyridine rings is 1. The van der Waals surface area contributed by atoms with Gasteiger partial charge in [0.25, 0.3) is 0 Å². The van der Waals surface area contributed by atoms with Gasteiger partial charge >= 0.3 is 0 Å². The molecular weight excluding hydrogens is 245 g/mol. The molecule has 0 saturated carbocycles. The molecule has 0 atom stereocenters. The van der Waals surface area contributed by atoms with Gasteiger partial charge in [-0.05, 0) is 29.8 Å². The summed E-state index contributed by atoms with van der Waals surface area (Å²) in [5.74, 6) is -1.60. The van der Waals surface area contributed by atoms with Gasteiger partial charge < -0.3 is 14.3 Å². The van der Waals surface area contributed by atoms with E-state index in [0.29, 0.717) is 16.6 Å². The molecule has 0 radical (unpaired) electrons. The molecule has 94 valence electrons. The van der Waals surface area contributed by atoms with E-state index in [0.717, 1.165) is 0 Å². The van der Waals surface area contributed by atoms with Crippen LogP contribution in [0.4, 0.5) is 4.39 Å². The molecule has 19 heavy (non-hydrogen) atoms. The van der Waals surface area contributed by atoms with Crippen molar-refractivity contribution in [3.63, 3.8) is 0 Å². The van der Waals surface area contributed by atoms with Gasteiger partial charge in [-0.15, -0.1) is 0 Å². The molecule has 3 aromatic rings. The maximum Gasteiger partial charge on any atom is 0.123 e. The van der Waals surface area contributed by atoms with Crippen molar-refractivity contribution in [3.8, 4) is 11.1 Å². The van der Waals surface area contributed by atoms with Crippen molar-refractivity contribution in [3.05, 3.63) is 66.2 Å². The van der Waals surface area contributed by atoms with Gasteiger partial charge in [-0.1, -0.05) is 18.2 Å². The second-order valence-corrected chi connectivity index (χ2v) is 4.21. The standard InChI is InChI=1S/C15H10FNO2/c16-11-6-4-10(5-7-11)12-9-17-8-2-1-3-13(17)14(12)15(18)19/h1-9H,(H,18,19)/p-1. The number of fused-ring (bicyclic) bond motifs is 1. The van der Waals surface area contributed by atoms with Crippen LogP contribution in [-0.4, -0.2) is 10.4 Å². The first-order valence-corrected chi connectivity index (χ1v) is 5.74. The Hall–Kier alpha value is -2.62. The Morgan fingerprint density at radius 1 is 1.11 bits per heavy atom. The van der Waals surface area contributed by atoms with Crippen molar-refractivity contribution in [2.45, 2.75) is 0 Å². The molecule has 0 unspecified atom stereocenters. The van der Waals surface area contributed by atoms with Crippen LogP contribution in [0.25, 0.3) is 16.6 Å². The summed E-state index contributed by atoms with van der Waals surface area (Å²) in [4.78, 5) is 11.3. The van der Waals surface area contributed by atoms with Gasteiger partial charge in [0, 0.05) is 23.5 Å². The van der Waals surface area contributed by atoms with Gasteiger partial charge in [-0.25, -0.2) is 4.39 Å². The third kappa shape index (κ3) is 1.87. The van der Waals surface area contributed by atoms with E-state index in [1.807, 2.05) is 0 Å². The first-order chi connectivity index (χ1) is 9.16. The molecule has 2 heterocycles. The van der Waals surface area contributed by atoms with Crippen molar-refractivity contribution in [1.29, 1.82) is 0 Å². The van der Waals surface area contributed by atoms with E-state index in [-0.39, 0.29) is 11.4 Å². The molecule has 0 fully saturated rings. The third-order valence-electron chi connectivity index (χ3n) is 3.04. The number of carboxylic acid groups (broad SMARTS) is 1. The zero-order valence-corrected chi connectivity index (χ0v) is 9.84. The summed E-state index contributed by atoms with van der Waals surface area (Å²) in [5.41, 5.74) is 1.84. The molecule has 3 rings (SSSR count). The molecule has 3 nitrogen and oxygen atoms in total. The van der Waals surface area contributed by atoms with Crippen molar-refractivity contribution in [1.82, 2.24) is 4.40 Å². The minimum atomic E-state index is -1.24. The molecule has 0 saturated heterocycles. The fourth-order valence-corrected chi connectivity index (χ4v) is 2.18. The number of hydrogen-bond donors (Lipinski definition) is 0.